The first kappa shape index (κ1) is 19.5. The molecule has 0 saturated heterocycles. The lowest BCUT2D eigenvalue weighted by atomic mass is 10.0. The topological polar surface area (TPSA) is 64.6 Å². The summed E-state index contributed by atoms with van der Waals surface area (Å²) in [6, 6.07) is 13.8. The van der Waals surface area contributed by atoms with Gasteiger partial charge in [-0.25, -0.2) is 4.79 Å². The largest absolute Gasteiger partial charge is 0.497 e. The van der Waals surface area contributed by atoms with E-state index in [2.05, 4.69) is 5.32 Å². The maximum atomic E-state index is 12.5. The Labute approximate surface area is 154 Å². The summed E-state index contributed by atoms with van der Waals surface area (Å²) in [6.07, 6.45) is 0. The molecular weight excluding hydrogens is 330 g/mol. The number of rotatable bonds is 7. The summed E-state index contributed by atoms with van der Waals surface area (Å²) in [7, 11) is 1.56. The number of methoxy groups -OCH3 is 1. The van der Waals surface area contributed by atoms with Crippen LogP contribution in [-0.2, 0) is 16.1 Å². The molecule has 0 radical (unpaired) electrons. The maximum absolute atomic E-state index is 12.5. The van der Waals surface area contributed by atoms with Crippen LogP contribution in [0.15, 0.2) is 48.5 Å². The molecule has 1 atom stereocenters. The fraction of sp³-hybridized carbons (Fsp3) is 0.333. The first-order valence-corrected chi connectivity index (χ1v) is 8.58. The molecule has 0 saturated carbocycles. The minimum Gasteiger partial charge on any atom is -0.497 e. The Balaban J connectivity index is 2.00. The standard InChI is InChI=1S/C21H25NO4/c1-14(2)19(21(24)26-13-16-7-5-6-15(3)12-16)22-20(23)17-8-10-18(25-4)11-9-17/h5-12,14,19H,13H2,1-4H3,(H,22,23)/t19-/m0/s1. The molecule has 26 heavy (non-hydrogen) atoms. The van der Waals surface area contributed by atoms with E-state index in [0.717, 1.165) is 11.1 Å². The van der Waals surface area contributed by atoms with Crippen molar-refractivity contribution in [3.63, 3.8) is 0 Å². The molecule has 1 amide bonds. The Hall–Kier alpha value is -2.82. The van der Waals surface area contributed by atoms with E-state index in [1.54, 1.807) is 31.4 Å². The number of carbonyl (C=O) groups is 2. The van der Waals surface area contributed by atoms with E-state index in [-0.39, 0.29) is 18.4 Å². The van der Waals surface area contributed by atoms with Gasteiger partial charge < -0.3 is 14.8 Å². The second-order valence-electron chi connectivity index (χ2n) is 6.52. The van der Waals surface area contributed by atoms with E-state index in [0.29, 0.717) is 11.3 Å². The second kappa shape index (κ2) is 9.04. The van der Waals surface area contributed by atoms with Gasteiger partial charge in [-0.3, -0.25) is 4.79 Å². The fourth-order valence-electron chi connectivity index (χ4n) is 2.51. The molecule has 0 heterocycles. The highest BCUT2D eigenvalue weighted by Gasteiger charge is 2.26. The molecule has 2 aromatic rings. The van der Waals surface area contributed by atoms with Gasteiger partial charge in [0.15, 0.2) is 0 Å². The van der Waals surface area contributed by atoms with Gasteiger partial charge in [0.25, 0.3) is 5.91 Å². The zero-order valence-corrected chi connectivity index (χ0v) is 15.6. The summed E-state index contributed by atoms with van der Waals surface area (Å²) >= 11 is 0. The molecule has 0 fully saturated rings. The Kier molecular flexibility index (Phi) is 6.78. The third-order valence-corrected chi connectivity index (χ3v) is 4.02. The van der Waals surface area contributed by atoms with Crippen molar-refractivity contribution in [2.24, 2.45) is 5.92 Å². The highest BCUT2D eigenvalue weighted by Crippen LogP contribution is 2.13. The predicted molar refractivity (Wildman–Crippen MR) is 100 cm³/mol. The Morgan fingerprint density at radius 3 is 2.35 bits per heavy atom. The molecule has 0 aliphatic heterocycles. The van der Waals surface area contributed by atoms with Crippen LogP contribution in [0.1, 0.15) is 35.3 Å². The number of esters is 1. The molecule has 2 rings (SSSR count). The Bertz CT molecular complexity index is 753. The van der Waals surface area contributed by atoms with E-state index in [4.69, 9.17) is 9.47 Å². The average Bonchev–Trinajstić information content (AvgIpc) is 2.64. The number of benzene rings is 2. The minimum absolute atomic E-state index is 0.0952. The molecule has 138 valence electrons. The van der Waals surface area contributed by atoms with Crippen molar-refractivity contribution in [1.82, 2.24) is 5.32 Å². The summed E-state index contributed by atoms with van der Waals surface area (Å²) in [5.41, 5.74) is 2.48. The lowest BCUT2D eigenvalue weighted by molar-refractivity contribution is -0.148. The van der Waals surface area contributed by atoms with Gasteiger partial charge in [-0.1, -0.05) is 43.7 Å². The van der Waals surface area contributed by atoms with Crippen LogP contribution in [-0.4, -0.2) is 25.0 Å². The van der Waals surface area contributed by atoms with Gasteiger partial charge in [-0.15, -0.1) is 0 Å². The quantitative estimate of drug-likeness (QED) is 0.772. The minimum atomic E-state index is -0.714. The van der Waals surface area contributed by atoms with Crippen molar-refractivity contribution >= 4 is 11.9 Å². The van der Waals surface area contributed by atoms with Crippen molar-refractivity contribution in [3.8, 4) is 5.75 Å². The SMILES string of the molecule is COc1ccc(C(=O)N[C@H](C(=O)OCc2cccc(C)c2)C(C)C)cc1. The average molecular weight is 355 g/mol. The first-order chi connectivity index (χ1) is 12.4. The van der Waals surface area contributed by atoms with Crippen molar-refractivity contribution < 1.29 is 19.1 Å². The summed E-state index contributed by atoms with van der Waals surface area (Å²) < 4.78 is 10.5. The molecule has 0 spiro atoms. The molecule has 5 heteroatoms. The highest BCUT2D eigenvalue weighted by atomic mass is 16.5. The van der Waals surface area contributed by atoms with Crippen LogP contribution < -0.4 is 10.1 Å². The normalized spacial score (nSPS) is 11.7. The molecule has 0 bridgehead atoms. The third-order valence-electron chi connectivity index (χ3n) is 4.02. The number of ether oxygens (including phenoxy) is 2. The first-order valence-electron chi connectivity index (χ1n) is 8.58. The van der Waals surface area contributed by atoms with Crippen LogP contribution >= 0.6 is 0 Å². The zero-order valence-electron chi connectivity index (χ0n) is 15.6. The van der Waals surface area contributed by atoms with Gasteiger partial charge in [0.05, 0.1) is 7.11 Å². The highest BCUT2D eigenvalue weighted by molar-refractivity contribution is 5.96. The van der Waals surface area contributed by atoms with E-state index >= 15 is 0 Å². The van der Waals surface area contributed by atoms with E-state index < -0.39 is 12.0 Å². The van der Waals surface area contributed by atoms with Crippen LogP contribution in [0.25, 0.3) is 0 Å². The number of carbonyl (C=O) groups excluding carboxylic acids is 2. The van der Waals surface area contributed by atoms with Gasteiger partial charge in [0.1, 0.15) is 18.4 Å². The van der Waals surface area contributed by atoms with Gasteiger partial charge in [0, 0.05) is 5.56 Å². The summed E-state index contributed by atoms with van der Waals surface area (Å²) in [5.74, 6) is -0.191. The number of hydrogen-bond donors (Lipinski definition) is 1. The molecule has 1 N–H and O–H groups in total. The molecule has 0 aliphatic carbocycles. The molecule has 0 aromatic heterocycles. The van der Waals surface area contributed by atoms with Crippen molar-refractivity contribution in [2.45, 2.75) is 33.4 Å². The Morgan fingerprint density at radius 1 is 1.08 bits per heavy atom. The lowest BCUT2D eigenvalue weighted by Crippen LogP contribution is -2.45. The van der Waals surface area contributed by atoms with Gasteiger partial charge in [0.2, 0.25) is 0 Å². The van der Waals surface area contributed by atoms with Crippen LogP contribution in [0.4, 0.5) is 0 Å². The zero-order chi connectivity index (χ0) is 19.1. The number of hydrogen-bond acceptors (Lipinski definition) is 4. The maximum Gasteiger partial charge on any atom is 0.329 e. The van der Waals surface area contributed by atoms with Gasteiger partial charge in [-0.2, -0.15) is 0 Å². The van der Waals surface area contributed by atoms with Gasteiger partial charge >= 0.3 is 5.97 Å². The van der Waals surface area contributed by atoms with Gasteiger partial charge in [-0.05, 0) is 42.7 Å². The lowest BCUT2D eigenvalue weighted by Gasteiger charge is -2.21. The second-order valence-corrected chi connectivity index (χ2v) is 6.52. The van der Waals surface area contributed by atoms with E-state index in [1.807, 2.05) is 45.0 Å². The number of nitrogens with one attached hydrogen (secondary N) is 1. The molecule has 5 nitrogen and oxygen atoms in total. The molecular formula is C21H25NO4. The van der Waals surface area contributed by atoms with Crippen LogP contribution in [0, 0.1) is 12.8 Å². The summed E-state index contributed by atoms with van der Waals surface area (Å²) in [5, 5.41) is 2.76. The van der Waals surface area contributed by atoms with E-state index in [9.17, 15) is 9.59 Å². The Morgan fingerprint density at radius 2 is 1.77 bits per heavy atom. The van der Waals surface area contributed by atoms with Crippen LogP contribution in [0.5, 0.6) is 5.75 Å². The smallest absolute Gasteiger partial charge is 0.329 e. The van der Waals surface area contributed by atoms with Crippen molar-refractivity contribution in [1.29, 1.82) is 0 Å². The monoisotopic (exact) mass is 355 g/mol. The molecule has 0 aliphatic rings. The van der Waals surface area contributed by atoms with Crippen LogP contribution in [0.2, 0.25) is 0 Å². The van der Waals surface area contributed by atoms with Crippen LogP contribution in [0.3, 0.4) is 0 Å². The molecule has 2 aromatic carbocycles. The van der Waals surface area contributed by atoms with E-state index in [1.165, 1.54) is 0 Å². The summed E-state index contributed by atoms with van der Waals surface area (Å²) in [4.78, 5) is 24.9. The summed E-state index contributed by atoms with van der Waals surface area (Å²) in [6.45, 7) is 5.90. The fourth-order valence-corrected chi connectivity index (χ4v) is 2.51. The molecule has 0 unspecified atom stereocenters. The van der Waals surface area contributed by atoms with Crippen molar-refractivity contribution in [3.05, 3.63) is 65.2 Å². The number of aryl methyl sites for hydroxylation is 1. The predicted octanol–water partition coefficient (Wildman–Crippen LogP) is 3.50. The third kappa shape index (κ3) is 5.34. The van der Waals surface area contributed by atoms with Crippen molar-refractivity contribution in [2.75, 3.05) is 7.11 Å². The number of amides is 1.